The molecule has 0 spiro atoms. The zero-order valence-electron chi connectivity index (χ0n) is 11.3. The lowest BCUT2D eigenvalue weighted by Gasteiger charge is -2.12. The number of aliphatic hydroxyl groups excluding tert-OH is 1. The van der Waals surface area contributed by atoms with Crippen molar-refractivity contribution in [2.45, 2.75) is 6.10 Å². The Morgan fingerprint density at radius 1 is 1.05 bits per heavy atom. The number of hydrogen-bond donors (Lipinski definition) is 1. The third-order valence-corrected chi connectivity index (χ3v) is 4.28. The van der Waals surface area contributed by atoms with Gasteiger partial charge in [-0.15, -0.1) is 0 Å². The fourth-order valence-corrected chi connectivity index (χ4v) is 3.32. The van der Waals surface area contributed by atoms with E-state index in [0.717, 1.165) is 10.2 Å². The first kappa shape index (κ1) is 13.8. The summed E-state index contributed by atoms with van der Waals surface area (Å²) in [6, 6.07) is 15.8. The second-order valence-electron chi connectivity index (χ2n) is 4.80. The molecule has 2 aromatic carbocycles. The zero-order valence-corrected chi connectivity index (χ0v) is 12.2. The van der Waals surface area contributed by atoms with Gasteiger partial charge in [-0.1, -0.05) is 42.5 Å². The summed E-state index contributed by atoms with van der Waals surface area (Å²) in [5, 5.41) is 10.5. The molecule has 0 aliphatic heterocycles. The number of rotatable bonds is 3. The summed E-state index contributed by atoms with van der Waals surface area (Å²) in [6.07, 6.45) is -0.00387. The normalized spacial score (nSPS) is 13.4. The molecular weight excluding hydrogens is 288 g/mol. The van der Waals surface area contributed by atoms with Crippen molar-refractivity contribution in [1.29, 1.82) is 0 Å². The number of aromatic nitrogens is 2. The van der Waals surface area contributed by atoms with Gasteiger partial charge in [0.05, 0.1) is 17.3 Å². The maximum atomic E-state index is 12.1. The van der Waals surface area contributed by atoms with E-state index in [1.807, 2.05) is 6.07 Å². The Hall–Kier alpha value is -2.18. The van der Waals surface area contributed by atoms with E-state index in [0.29, 0.717) is 16.6 Å². The van der Waals surface area contributed by atoms with Crippen LogP contribution < -0.4 is 0 Å². The highest BCUT2D eigenvalue weighted by atomic mass is 32.2. The van der Waals surface area contributed by atoms with Gasteiger partial charge >= 0.3 is 0 Å². The van der Waals surface area contributed by atoms with Crippen molar-refractivity contribution in [1.82, 2.24) is 8.96 Å². The van der Waals surface area contributed by atoms with E-state index in [1.165, 1.54) is 0 Å². The largest absolute Gasteiger partial charge is 0.380 e. The molecular formula is C15H14N2O3S. The second-order valence-corrected chi connectivity index (χ2v) is 6.63. The molecule has 108 valence electrons. The fourth-order valence-electron chi connectivity index (χ4n) is 2.33. The third-order valence-electron chi connectivity index (χ3n) is 3.24. The average molecular weight is 302 g/mol. The van der Waals surface area contributed by atoms with Crippen LogP contribution in [-0.4, -0.2) is 28.7 Å². The minimum Gasteiger partial charge on any atom is -0.380 e. The van der Waals surface area contributed by atoms with E-state index in [4.69, 9.17) is 0 Å². The van der Waals surface area contributed by atoms with Crippen LogP contribution in [0.15, 0.2) is 54.6 Å². The molecule has 3 rings (SSSR count). The average Bonchev–Trinajstić information content (AvgIpc) is 2.86. The smallest absolute Gasteiger partial charge is 0.237 e. The topological polar surface area (TPSA) is 72.2 Å². The van der Waals surface area contributed by atoms with Crippen molar-refractivity contribution in [3.05, 3.63) is 66.0 Å². The highest BCUT2D eigenvalue weighted by molar-refractivity contribution is 7.89. The molecule has 1 atom stereocenters. The van der Waals surface area contributed by atoms with Gasteiger partial charge in [0.25, 0.3) is 0 Å². The molecule has 1 heterocycles. The van der Waals surface area contributed by atoms with Crippen LogP contribution in [0.5, 0.6) is 0 Å². The van der Waals surface area contributed by atoms with Crippen LogP contribution in [0.4, 0.5) is 0 Å². The number of nitrogens with zero attached hydrogens (tertiary/aromatic N) is 2. The Bertz CT molecular complexity index is 886. The number of hydrogen-bond acceptors (Lipinski definition) is 4. The fraction of sp³-hybridized carbons (Fsp3) is 0.133. The van der Waals surface area contributed by atoms with Crippen molar-refractivity contribution in [3.8, 4) is 0 Å². The molecule has 1 aromatic heterocycles. The molecule has 0 fully saturated rings. The third kappa shape index (κ3) is 2.43. The first-order valence-electron chi connectivity index (χ1n) is 6.39. The molecule has 3 aromatic rings. The SMILES string of the molecule is CS(=O)(=O)n1c(C(O)c2ccccc2)nc2ccccc21. The highest BCUT2D eigenvalue weighted by Crippen LogP contribution is 2.26. The van der Waals surface area contributed by atoms with Gasteiger partial charge in [-0.3, -0.25) is 0 Å². The van der Waals surface area contributed by atoms with Gasteiger partial charge in [0, 0.05) is 0 Å². The second kappa shape index (κ2) is 4.98. The standard InChI is InChI=1S/C15H14N2O3S/c1-21(19,20)17-13-10-6-5-9-12(13)16-15(17)14(18)11-7-3-2-4-8-11/h2-10,14,18H,1H3. The lowest BCUT2D eigenvalue weighted by atomic mass is 10.1. The van der Waals surface area contributed by atoms with Crippen LogP contribution in [0.2, 0.25) is 0 Å². The van der Waals surface area contributed by atoms with Gasteiger partial charge in [0.15, 0.2) is 5.82 Å². The van der Waals surface area contributed by atoms with Crippen molar-refractivity contribution < 1.29 is 13.5 Å². The molecule has 0 aliphatic rings. The van der Waals surface area contributed by atoms with E-state index in [9.17, 15) is 13.5 Å². The number of imidazole rings is 1. The summed E-state index contributed by atoms with van der Waals surface area (Å²) in [4.78, 5) is 4.29. The Balaban J connectivity index is 2.28. The molecule has 0 saturated heterocycles. The number of para-hydroxylation sites is 2. The predicted molar refractivity (Wildman–Crippen MR) is 80.5 cm³/mol. The quantitative estimate of drug-likeness (QED) is 0.802. The molecule has 6 heteroatoms. The summed E-state index contributed by atoms with van der Waals surface area (Å²) < 4.78 is 25.3. The maximum absolute atomic E-state index is 12.1. The Labute approximate surface area is 122 Å². The van der Waals surface area contributed by atoms with Gasteiger partial charge in [-0.25, -0.2) is 17.4 Å². The van der Waals surface area contributed by atoms with E-state index >= 15 is 0 Å². The molecule has 0 aliphatic carbocycles. The van der Waals surface area contributed by atoms with Crippen molar-refractivity contribution in [2.75, 3.05) is 6.26 Å². The summed E-state index contributed by atoms with van der Waals surface area (Å²) in [5.41, 5.74) is 1.59. The first-order chi connectivity index (χ1) is 9.98. The van der Waals surface area contributed by atoms with Crippen LogP contribution in [0.1, 0.15) is 17.5 Å². The van der Waals surface area contributed by atoms with Crippen LogP contribution in [0, 0.1) is 0 Å². The van der Waals surface area contributed by atoms with Crippen molar-refractivity contribution >= 4 is 21.1 Å². The molecule has 0 amide bonds. The van der Waals surface area contributed by atoms with Gasteiger partial charge < -0.3 is 5.11 Å². The highest BCUT2D eigenvalue weighted by Gasteiger charge is 2.24. The molecule has 1 N–H and O–H groups in total. The first-order valence-corrected chi connectivity index (χ1v) is 8.24. The minimum absolute atomic E-state index is 0.102. The monoisotopic (exact) mass is 302 g/mol. The summed E-state index contributed by atoms with van der Waals surface area (Å²) in [5.74, 6) is 0.102. The molecule has 0 saturated carbocycles. The van der Waals surface area contributed by atoms with Crippen molar-refractivity contribution in [2.24, 2.45) is 0 Å². The van der Waals surface area contributed by atoms with Gasteiger partial charge in [-0.05, 0) is 17.7 Å². The lowest BCUT2D eigenvalue weighted by molar-refractivity contribution is 0.209. The van der Waals surface area contributed by atoms with Crippen LogP contribution in [0.3, 0.4) is 0 Å². The maximum Gasteiger partial charge on any atom is 0.237 e. The Morgan fingerprint density at radius 2 is 1.67 bits per heavy atom. The van der Waals surface area contributed by atoms with E-state index in [2.05, 4.69) is 4.98 Å². The molecule has 5 nitrogen and oxygen atoms in total. The number of fused-ring (bicyclic) bond motifs is 1. The molecule has 1 unspecified atom stereocenters. The molecule has 21 heavy (non-hydrogen) atoms. The van der Waals surface area contributed by atoms with Gasteiger partial charge in [0.1, 0.15) is 6.10 Å². The minimum atomic E-state index is -3.58. The van der Waals surface area contributed by atoms with E-state index < -0.39 is 16.1 Å². The van der Waals surface area contributed by atoms with Gasteiger partial charge in [0.2, 0.25) is 10.0 Å². The Morgan fingerprint density at radius 3 is 2.33 bits per heavy atom. The number of benzene rings is 2. The summed E-state index contributed by atoms with van der Waals surface area (Å²) >= 11 is 0. The summed E-state index contributed by atoms with van der Waals surface area (Å²) in [7, 11) is -3.58. The van der Waals surface area contributed by atoms with Crippen LogP contribution >= 0.6 is 0 Å². The van der Waals surface area contributed by atoms with E-state index in [1.54, 1.807) is 48.5 Å². The Kier molecular flexibility index (Phi) is 3.27. The van der Waals surface area contributed by atoms with E-state index in [-0.39, 0.29) is 5.82 Å². The lowest BCUT2D eigenvalue weighted by Crippen LogP contribution is -2.17. The summed E-state index contributed by atoms with van der Waals surface area (Å²) in [6.45, 7) is 0. The van der Waals surface area contributed by atoms with Crippen molar-refractivity contribution in [3.63, 3.8) is 0 Å². The number of aliphatic hydroxyl groups is 1. The van der Waals surface area contributed by atoms with Gasteiger partial charge in [-0.2, -0.15) is 0 Å². The zero-order chi connectivity index (χ0) is 15.0. The molecule has 0 radical (unpaired) electrons. The van der Waals surface area contributed by atoms with Crippen LogP contribution in [0.25, 0.3) is 11.0 Å². The van der Waals surface area contributed by atoms with Crippen LogP contribution in [-0.2, 0) is 10.0 Å². The molecule has 0 bridgehead atoms. The predicted octanol–water partition coefficient (Wildman–Crippen LogP) is 1.93.